The van der Waals surface area contributed by atoms with Crippen LogP contribution in [0.25, 0.3) is 0 Å². The second-order valence-corrected chi connectivity index (χ2v) is 6.02. The summed E-state index contributed by atoms with van der Waals surface area (Å²) in [5, 5.41) is 0. The molecule has 0 spiro atoms. The summed E-state index contributed by atoms with van der Waals surface area (Å²) in [6, 6.07) is 0. The summed E-state index contributed by atoms with van der Waals surface area (Å²) in [6.07, 6.45) is 7.74. The zero-order chi connectivity index (χ0) is 12.4. The summed E-state index contributed by atoms with van der Waals surface area (Å²) in [6.45, 7) is 10.7. The number of primary amides is 1. The topological polar surface area (TPSA) is 43.1 Å². The summed E-state index contributed by atoms with van der Waals surface area (Å²) in [4.78, 5) is 9.75. The Morgan fingerprint density at radius 3 is 1.94 bits per heavy atom. The van der Waals surface area contributed by atoms with Crippen molar-refractivity contribution in [1.29, 1.82) is 0 Å². The Balaban J connectivity index is 0.000000187. The van der Waals surface area contributed by atoms with E-state index in [1.165, 1.54) is 31.8 Å². The van der Waals surface area contributed by atoms with E-state index in [0.717, 1.165) is 5.92 Å². The smallest absolute Gasteiger partial charge is 0.221 e. The lowest BCUT2D eigenvalue weighted by Crippen LogP contribution is -2.26. The molecule has 2 fully saturated rings. The van der Waals surface area contributed by atoms with Gasteiger partial charge in [-0.15, -0.1) is 6.58 Å². The maximum atomic E-state index is 9.75. The molecule has 2 rings (SSSR count). The number of nitrogens with two attached hydrogens (primary N) is 1. The summed E-state index contributed by atoms with van der Waals surface area (Å²) >= 11 is 0. The number of hydrogen-bond acceptors (Lipinski definition) is 1. The molecule has 0 saturated heterocycles. The highest BCUT2D eigenvalue weighted by molar-refractivity contribution is 5.75. The normalized spacial score (nSPS) is 34.1. The minimum Gasteiger partial charge on any atom is -0.369 e. The van der Waals surface area contributed by atoms with Gasteiger partial charge in [0.05, 0.1) is 0 Å². The minimum atomic E-state index is -0.329. The van der Waals surface area contributed by atoms with Crippen LogP contribution in [0.4, 0.5) is 0 Å². The Morgan fingerprint density at radius 2 is 1.88 bits per heavy atom. The van der Waals surface area contributed by atoms with Crippen LogP contribution in [0.5, 0.6) is 0 Å². The maximum Gasteiger partial charge on any atom is 0.221 e. The lowest BCUT2D eigenvalue weighted by molar-refractivity contribution is -0.117. The molecular weight excluding hydrogens is 198 g/mol. The van der Waals surface area contributed by atoms with Crippen molar-refractivity contribution >= 4 is 5.91 Å². The third kappa shape index (κ3) is 2.31. The van der Waals surface area contributed by atoms with Gasteiger partial charge in [-0.05, 0) is 42.4 Å². The quantitative estimate of drug-likeness (QED) is 0.717. The second-order valence-electron chi connectivity index (χ2n) is 6.02. The van der Waals surface area contributed by atoms with Crippen molar-refractivity contribution in [2.45, 2.75) is 52.9 Å². The van der Waals surface area contributed by atoms with E-state index in [-0.39, 0.29) is 12.3 Å². The Morgan fingerprint density at radius 1 is 1.38 bits per heavy atom. The fourth-order valence-corrected chi connectivity index (χ4v) is 3.26. The Labute approximate surface area is 99.3 Å². The Kier molecular flexibility index (Phi) is 3.82. The molecule has 0 unspecified atom stereocenters. The predicted octanol–water partition coefficient (Wildman–Crippen LogP) is 3.27. The fraction of sp³-hybridized carbons (Fsp3) is 0.786. The van der Waals surface area contributed by atoms with Crippen LogP contribution in [0.1, 0.15) is 52.9 Å². The SMILES string of the molecule is C=CCC(N)=O.CC12CCC(CC1)C2(C)C. The van der Waals surface area contributed by atoms with E-state index < -0.39 is 0 Å². The average molecular weight is 223 g/mol. The van der Waals surface area contributed by atoms with Gasteiger partial charge < -0.3 is 5.73 Å². The number of carbonyl (C=O) groups excluding carboxylic acids is 1. The van der Waals surface area contributed by atoms with Gasteiger partial charge in [0.2, 0.25) is 5.91 Å². The zero-order valence-corrected chi connectivity index (χ0v) is 10.9. The molecule has 16 heavy (non-hydrogen) atoms. The molecule has 2 aliphatic rings. The van der Waals surface area contributed by atoms with Crippen LogP contribution in [-0.4, -0.2) is 5.91 Å². The van der Waals surface area contributed by atoms with Crippen molar-refractivity contribution in [3.63, 3.8) is 0 Å². The molecule has 1 amide bonds. The van der Waals surface area contributed by atoms with E-state index in [0.29, 0.717) is 10.8 Å². The van der Waals surface area contributed by atoms with Crippen LogP contribution in [0.3, 0.4) is 0 Å². The van der Waals surface area contributed by atoms with Crippen LogP contribution in [0.2, 0.25) is 0 Å². The summed E-state index contributed by atoms with van der Waals surface area (Å²) in [5.74, 6) is 0.725. The first-order valence-corrected chi connectivity index (χ1v) is 6.23. The summed E-state index contributed by atoms with van der Waals surface area (Å²) < 4.78 is 0. The number of fused-ring (bicyclic) bond motifs is 2. The Bertz CT molecular complexity index is 270. The molecule has 0 aromatic heterocycles. The van der Waals surface area contributed by atoms with Crippen molar-refractivity contribution in [2.75, 3.05) is 0 Å². The van der Waals surface area contributed by atoms with Crippen molar-refractivity contribution in [3.05, 3.63) is 12.7 Å². The molecule has 92 valence electrons. The van der Waals surface area contributed by atoms with E-state index in [1.54, 1.807) is 0 Å². The molecule has 0 aliphatic heterocycles. The van der Waals surface area contributed by atoms with Crippen LogP contribution in [-0.2, 0) is 4.79 Å². The van der Waals surface area contributed by atoms with Crippen LogP contribution >= 0.6 is 0 Å². The van der Waals surface area contributed by atoms with Gasteiger partial charge in [0.15, 0.2) is 0 Å². The van der Waals surface area contributed by atoms with E-state index >= 15 is 0 Å². The third-order valence-electron chi connectivity index (χ3n) is 5.01. The number of carbonyl (C=O) groups is 1. The molecule has 0 aromatic carbocycles. The fourth-order valence-electron chi connectivity index (χ4n) is 3.26. The van der Waals surface area contributed by atoms with E-state index in [1.807, 2.05) is 0 Å². The van der Waals surface area contributed by atoms with Gasteiger partial charge in [0.1, 0.15) is 0 Å². The second kappa shape index (κ2) is 4.60. The van der Waals surface area contributed by atoms with Gasteiger partial charge in [-0.2, -0.15) is 0 Å². The average Bonchev–Trinajstić information content (AvgIpc) is 2.51. The first-order chi connectivity index (χ1) is 7.33. The summed E-state index contributed by atoms with van der Waals surface area (Å²) in [5.41, 5.74) is 6.06. The molecule has 0 atom stereocenters. The van der Waals surface area contributed by atoms with Gasteiger partial charge in [0.25, 0.3) is 0 Å². The molecule has 0 radical (unpaired) electrons. The first kappa shape index (κ1) is 13.3. The molecule has 2 nitrogen and oxygen atoms in total. The molecule has 2 heteroatoms. The van der Waals surface area contributed by atoms with E-state index in [2.05, 4.69) is 27.4 Å². The minimum absolute atomic E-state index is 0.278. The highest BCUT2D eigenvalue weighted by Crippen LogP contribution is 2.65. The lowest BCUT2D eigenvalue weighted by Gasteiger charge is -2.34. The number of rotatable bonds is 2. The van der Waals surface area contributed by atoms with Gasteiger partial charge >= 0.3 is 0 Å². The van der Waals surface area contributed by atoms with Gasteiger partial charge in [-0.1, -0.05) is 26.8 Å². The summed E-state index contributed by atoms with van der Waals surface area (Å²) in [7, 11) is 0. The van der Waals surface area contributed by atoms with E-state index in [4.69, 9.17) is 5.73 Å². The molecule has 2 saturated carbocycles. The largest absolute Gasteiger partial charge is 0.369 e. The highest BCUT2D eigenvalue weighted by atomic mass is 16.1. The van der Waals surface area contributed by atoms with E-state index in [9.17, 15) is 4.79 Å². The number of amides is 1. The Hall–Kier alpha value is -0.790. The third-order valence-corrected chi connectivity index (χ3v) is 5.01. The first-order valence-electron chi connectivity index (χ1n) is 6.23. The maximum absolute atomic E-state index is 9.75. The molecule has 0 heterocycles. The lowest BCUT2D eigenvalue weighted by atomic mass is 9.71. The van der Waals surface area contributed by atoms with Crippen molar-refractivity contribution < 1.29 is 4.79 Å². The zero-order valence-electron chi connectivity index (χ0n) is 10.9. The van der Waals surface area contributed by atoms with Crippen LogP contribution in [0.15, 0.2) is 12.7 Å². The molecule has 2 bridgehead atoms. The molecular formula is C14H25NO. The van der Waals surface area contributed by atoms with Gasteiger partial charge in [-0.3, -0.25) is 4.79 Å². The monoisotopic (exact) mass is 223 g/mol. The van der Waals surface area contributed by atoms with Gasteiger partial charge in [0, 0.05) is 6.42 Å². The van der Waals surface area contributed by atoms with Crippen molar-refractivity contribution in [3.8, 4) is 0 Å². The van der Waals surface area contributed by atoms with Crippen LogP contribution < -0.4 is 5.73 Å². The van der Waals surface area contributed by atoms with Crippen molar-refractivity contribution in [2.24, 2.45) is 22.5 Å². The number of hydrogen-bond donors (Lipinski definition) is 1. The van der Waals surface area contributed by atoms with Gasteiger partial charge in [-0.25, -0.2) is 0 Å². The highest BCUT2D eigenvalue weighted by Gasteiger charge is 2.55. The molecule has 2 N–H and O–H groups in total. The standard InChI is InChI=1S/C10H18.C4H7NO/c1-9(2)8-4-6-10(9,3)7-5-8;1-2-3-4(5)6/h8H,4-7H2,1-3H3;2H,1,3H2,(H2,5,6). The molecule has 2 aliphatic carbocycles. The predicted molar refractivity (Wildman–Crippen MR) is 67.9 cm³/mol. The van der Waals surface area contributed by atoms with Crippen molar-refractivity contribution in [1.82, 2.24) is 0 Å². The molecule has 0 aromatic rings. The van der Waals surface area contributed by atoms with Crippen LogP contribution in [0, 0.1) is 16.7 Å².